The third-order valence-corrected chi connectivity index (χ3v) is 4.46. The van der Waals surface area contributed by atoms with Crippen LogP contribution in [0.2, 0.25) is 0 Å². The average Bonchev–Trinajstić information content (AvgIpc) is 3.05. The first-order valence-corrected chi connectivity index (χ1v) is 8.67. The molecule has 2 aromatic heterocycles. The Morgan fingerprint density at radius 1 is 0.923 bits per heavy atom. The highest BCUT2D eigenvalue weighted by atomic mass is 15.4. The summed E-state index contributed by atoms with van der Waals surface area (Å²) in [6, 6.07) is 20.6. The quantitative estimate of drug-likeness (QED) is 0.561. The summed E-state index contributed by atoms with van der Waals surface area (Å²) in [5, 5.41) is 4.75. The Kier molecular flexibility index (Phi) is 4.13. The van der Waals surface area contributed by atoms with Crippen molar-refractivity contribution in [2.24, 2.45) is 0 Å². The summed E-state index contributed by atoms with van der Waals surface area (Å²) in [6.07, 6.45) is 0. The Balaban J connectivity index is 1.78. The van der Waals surface area contributed by atoms with Crippen molar-refractivity contribution in [2.45, 2.75) is 20.4 Å². The normalized spacial score (nSPS) is 11.0. The molecule has 0 bridgehead atoms. The van der Waals surface area contributed by atoms with Gasteiger partial charge in [0.25, 0.3) is 5.78 Å². The molecule has 2 heterocycles. The van der Waals surface area contributed by atoms with E-state index in [0.717, 1.165) is 29.2 Å². The van der Waals surface area contributed by atoms with Crippen LogP contribution in [0.25, 0.3) is 17.2 Å². The summed E-state index contributed by atoms with van der Waals surface area (Å²) >= 11 is 0. The fourth-order valence-corrected chi connectivity index (χ4v) is 3.12. The van der Waals surface area contributed by atoms with E-state index >= 15 is 0 Å². The Morgan fingerprint density at radius 3 is 2.42 bits per heavy atom. The first kappa shape index (κ1) is 16.3. The van der Waals surface area contributed by atoms with Crippen LogP contribution >= 0.6 is 0 Å². The lowest BCUT2D eigenvalue weighted by Gasteiger charge is -2.20. The molecular weight excluding hydrogens is 322 g/mol. The maximum atomic E-state index is 4.75. The Bertz CT molecular complexity index is 1050. The number of anilines is 1. The predicted octanol–water partition coefficient (Wildman–Crippen LogP) is 4.04. The molecule has 0 unspecified atom stereocenters. The number of nitrogens with zero attached hydrogens (tertiary/aromatic N) is 5. The van der Waals surface area contributed by atoms with Crippen LogP contribution in [-0.4, -0.2) is 26.6 Å². The van der Waals surface area contributed by atoms with Crippen molar-refractivity contribution < 1.29 is 0 Å². The van der Waals surface area contributed by atoms with Crippen LogP contribution in [0, 0.1) is 13.8 Å². The number of rotatable bonds is 4. The van der Waals surface area contributed by atoms with Gasteiger partial charge in [0.15, 0.2) is 5.82 Å². The molecule has 0 radical (unpaired) electrons. The highest BCUT2D eigenvalue weighted by Gasteiger charge is 2.15. The van der Waals surface area contributed by atoms with E-state index in [0.29, 0.717) is 11.6 Å². The molecule has 0 spiro atoms. The average molecular weight is 343 g/mol. The predicted molar refractivity (Wildman–Crippen MR) is 104 cm³/mol. The highest BCUT2D eigenvalue weighted by molar-refractivity contribution is 5.62. The molecule has 130 valence electrons. The lowest BCUT2D eigenvalue weighted by Crippen LogP contribution is -2.20. The van der Waals surface area contributed by atoms with Crippen molar-refractivity contribution in [2.75, 3.05) is 11.9 Å². The molecule has 0 saturated carbocycles. The number of aromatic nitrogens is 4. The van der Waals surface area contributed by atoms with Gasteiger partial charge in [-0.1, -0.05) is 54.6 Å². The molecule has 0 saturated heterocycles. The first-order chi connectivity index (χ1) is 12.6. The maximum absolute atomic E-state index is 4.75. The van der Waals surface area contributed by atoms with Gasteiger partial charge < -0.3 is 4.90 Å². The van der Waals surface area contributed by atoms with E-state index in [-0.39, 0.29) is 0 Å². The van der Waals surface area contributed by atoms with E-state index in [1.807, 2.05) is 41.8 Å². The van der Waals surface area contributed by atoms with Gasteiger partial charge in [0, 0.05) is 30.9 Å². The second-order valence-corrected chi connectivity index (χ2v) is 6.56. The zero-order valence-electron chi connectivity index (χ0n) is 15.2. The van der Waals surface area contributed by atoms with Gasteiger partial charge in [-0.2, -0.15) is 9.50 Å². The zero-order chi connectivity index (χ0) is 18.1. The SMILES string of the molecule is Cc1cc(N(C)Cc2ccccc2)n2nc(-c3ccccc3C)nc2n1. The van der Waals surface area contributed by atoms with E-state index in [9.17, 15) is 0 Å². The lowest BCUT2D eigenvalue weighted by molar-refractivity contribution is 0.829. The van der Waals surface area contributed by atoms with Crippen LogP contribution in [-0.2, 0) is 6.54 Å². The van der Waals surface area contributed by atoms with Gasteiger partial charge in [0.2, 0.25) is 0 Å². The molecule has 26 heavy (non-hydrogen) atoms. The number of fused-ring (bicyclic) bond motifs is 1. The highest BCUT2D eigenvalue weighted by Crippen LogP contribution is 2.23. The van der Waals surface area contributed by atoms with Gasteiger partial charge in [0.1, 0.15) is 5.82 Å². The smallest absolute Gasteiger partial charge is 0.254 e. The summed E-state index contributed by atoms with van der Waals surface area (Å²) in [7, 11) is 2.07. The number of aryl methyl sites for hydroxylation is 2. The molecule has 2 aromatic carbocycles. The topological polar surface area (TPSA) is 46.3 Å². The van der Waals surface area contributed by atoms with Crippen molar-refractivity contribution in [3.05, 3.63) is 77.5 Å². The summed E-state index contributed by atoms with van der Waals surface area (Å²) in [5.41, 5.74) is 4.36. The van der Waals surface area contributed by atoms with Crippen LogP contribution in [0.3, 0.4) is 0 Å². The van der Waals surface area contributed by atoms with E-state index in [1.54, 1.807) is 0 Å². The second-order valence-electron chi connectivity index (χ2n) is 6.56. The van der Waals surface area contributed by atoms with Crippen LogP contribution in [0.15, 0.2) is 60.7 Å². The van der Waals surface area contributed by atoms with E-state index in [1.165, 1.54) is 5.56 Å². The number of hydrogen-bond acceptors (Lipinski definition) is 4. The molecule has 4 aromatic rings. The fraction of sp³-hybridized carbons (Fsp3) is 0.190. The van der Waals surface area contributed by atoms with Crippen LogP contribution in [0.4, 0.5) is 5.82 Å². The third-order valence-electron chi connectivity index (χ3n) is 4.46. The molecule has 0 atom stereocenters. The van der Waals surface area contributed by atoms with E-state index in [2.05, 4.69) is 59.2 Å². The summed E-state index contributed by atoms with van der Waals surface area (Å²) in [5.74, 6) is 2.30. The molecule has 0 aliphatic rings. The van der Waals surface area contributed by atoms with Crippen molar-refractivity contribution in [1.82, 2.24) is 19.6 Å². The third kappa shape index (κ3) is 3.04. The van der Waals surface area contributed by atoms with Gasteiger partial charge in [-0.05, 0) is 25.0 Å². The maximum Gasteiger partial charge on any atom is 0.254 e. The molecule has 0 fully saturated rings. The summed E-state index contributed by atoms with van der Waals surface area (Å²) in [4.78, 5) is 11.4. The summed E-state index contributed by atoms with van der Waals surface area (Å²) in [6.45, 7) is 4.85. The lowest BCUT2D eigenvalue weighted by atomic mass is 10.1. The largest absolute Gasteiger partial charge is 0.355 e. The minimum atomic E-state index is 0.623. The van der Waals surface area contributed by atoms with Crippen molar-refractivity contribution in [1.29, 1.82) is 0 Å². The molecule has 4 rings (SSSR count). The molecule has 0 aliphatic heterocycles. The summed E-state index contributed by atoms with van der Waals surface area (Å²) < 4.78 is 1.83. The minimum Gasteiger partial charge on any atom is -0.355 e. The van der Waals surface area contributed by atoms with E-state index in [4.69, 9.17) is 5.10 Å². The molecule has 0 amide bonds. The van der Waals surface area contributed by atoms with Gasteiger partial charge in [-0.15, -0.1) is 5.10 Å². The molecule has 5 nitrogen and oxygen atoms in total. The minimum absolute atomic E-state index is 0.623. The van der Waals surface area contributed by atoms with Gasteiger partial charge >= 0.3 is 0 Å². The monoisotopic (exact) mass is 343 g/mol. The van der Waals surface area contributed by atoms with Crippen LogP contribution in [0.5, 0.6) is 0 Å². The number of benzene rings is 2. The van der Waals surface area contributed by atoms with E-state index < -0.39 is 0 Å². The van der Waals surface area contributed by atoms with Crippen molar-refractivity contribution in [3.8, 4) is 11.4 Å². The molecule has 0 N–H and O–H groups in total. The zero-order valence-corrected chi connectivity index (χ0v) is 15.2. The Morgan fingerprint density at radius 2 is 1.65 bits per heavy atom. The Hall–Kier alpha value is -3.21. The van der Waals surface area contributed by atoms with Crippen molar-refractivity contribution >= 4 is 11.6 Å². The van der Waals surface area contributed by atoms with Crippen LogP contribution in [0.1, 0.15) is 16.8 Å². The van der Waals surface area contributed by atoms with Gasteiger partial charge in [0.05, 0.1) is 0 Å². The first-order valence-electron chi connectivity index (χ1n) is 8.67. The second kappa shape index (κ2) is 6.59. The number of hydrogen-bond donors (Lipinski definition) is 0. The van der Waals surface area contributed by atoms with Gasteiger partial charge in [-0.25, -0.2) is 4.98 Å². The standard InChI is InChI=1S/C21H21N5/c1-15-9-7-8-12-18(15)20-23-21-22-16(2)13-19(26(21)24-20)25(3)14-17-10-5-4-6-11-17/h4-13H,14H2,1-3H3. The van der Waals surface area contributed by atoms with Crippen molar-refractivity contribution in [3.63, 3.8) is 0 Å². The molecule has 0 aliphatic carbocycles. The molecular formula is C21H21N5. The van der Waals surface area contributed by atoms with Crippen LogP contribution < -0.4 is 4.90 Å². The fourth-order valence-electron chi connectivity index (χ4n) is 3.12. The molecule has 5 heteroatoms. The van der Waals surface area contributed by atoms with Gasteiger partial charge in [-0.3, -0.25) is 0 Å². The Labute approximate surface area is 153 Å².